The van der Waals surface area contributed by atoms with Gasteiger partial charge in [-0.15, -0.1) is 11.6 Å². The van der Waals surface area contributed by atoms with Gasteiger partial charge in [-0.05, 0) is 6.42 Å². The van der Waals surface area contributed by atoms with Gasteiger partial charge in [-0.3, -0.25) is 0 Å². The molecule has 0 N–H and O–H groups in total. The zero-order valence-corrected chi connectivity index (χ0v) is 12.2. The van der Waals surface area contributed by atoms with E-state index in [1.807, 2.05) is 0 Å². The third-order valence-electron chi connectivity index (χ3n) is 3.00. The maximum absolute atomic E-state index is 11.5. The number of nitrogens with zero attached hydrogens (tertiary/aromatic N) is 2. The fourth-order valence-corrected chi connectivity index (χ4v) is 4.48. The smallest absolute Gasteiger partial charge is 0.152 e. The van der Waals surface area contributed by atoms with Crippen molar-refractivity contribution in [3.63, 3.8) is 0 Å². The Morgan fingerprint density at radius 3 is 2.78 bits per heavy atom. The van der Waals surface area contributed by atoms with Gasteiger partial charge in [-0.25, -0.2) is 13.1 Å². The molecule has 5 nitrogen and oxygen atoms in total. The number of aromatic nitrogens is 2. The second-order valence-corrected chi connectivity index (χ2v) is 7.14. The molecule has 1 atom stereocenters. The molecule has 0 saturated carbocycles. The normalized spacial score (nSPS) is 22.5. The van der Waals surface area contributed by atoms with E-state index in [1.54, 1.807) is 11.8 Å². The van der Waals surface area contributed by atoms with Crippen molar-refractivity contribution in [2.24, 2.45) is 0 Å². The Bertz CT molecular complexity index is 542. The first-order valence-electron chi connectivity index (χ1n) is 5.49. The number of ether oxygens (including phenoxy) is 1. The number of methoxy groups -OCH3 is 1. The van der Waals surface area contributed by atoms with Gasteiger partial charge < -0.3 is 4.74 Å². The first-order valence-corrected chi connectivity index (χ1v) is 8.23. The molecule has 0 bridgehead atoms. The van der Waals surface area contributed by atoms with E-state index in [1.165, 1.54) is 0 Å². The third-order valence-corrected chi connectivity index (χ3v) is 5.41. The number of alkyl halides is 1. The van der Waals surface area contributed by atoms with E-state index in [9.17, 15) is 8.42 Å². The van der Waals surface area contributed by atoms with Crippen molar-refractivity contribution in [1.82, 2.24) is 9.78 Å². The van der Waals surface area contributed by atoms with Crippen LogP contribution in [0.3, 0.4) is 0 Å². The minimum atomic E-state index is -2.97. The predicted molar refractivity (Wildman–Crippen MR) is 69.8 cm³/mol. The predicted octanol–water partition coefficient (Wildman–Crippen LogP) is 1.78. The van der Waals surface area contributed by atoms with Crippen LogP contribution >= 0.6 is 23.2 Å². The summed E-state index contributed by atoms with van der Waals surface area (Å²) < 4.78 is 29.6. The Morgan fingerprint density at radius 2 is 2.28 bits per heavy atom. The van der Waals surface area contributed by atoms with Crippen LogP contribution in [0.5, 0.6) is 0 Å². The van der Waals surface area contributed by atoms with Crippen LogP contribution in [0.15, 0.2) is 0 Å². The van der Waals surface area contributed by atoms with E-state index >= 15 is 0 Å². The van der Waals surface area contributed by atoms with Crippen LogP contribution in [0.25, 0.3) is 0 Å². The summed E-state index contributed by atoms with van der Waals surface area (Å²) in [5.74, 6) is 0.503. The van der Waals surface area contributed by atoms with Gasteiger partial charge in [0.25, 0.3) is 0 Å². The van der Waals surface area contributed by atoms with Crippen molar-refractivity contribution in [3.05, 3.63) is 16.4 Å². The van der Waals surface area contributed by atoms with Crippen LogP contribution in [0.2, 0.25) is 5.15 Å². The van der Waals surface area contributed by atoms with Crippen molar-refractivity contribution < 1.29 is 13.2 Å². The first kappa shape index (κ1) is 14.1. The highest BCUT2D eigenvalue weighted by molar-refractivity contribution is 7.91. The Kier molecular flexibility index (Phi) is 4.21. The van der Waals surface area contributed by atoms with Gasteiger partial charge in [0.1, 0.15) is 5.15 Å². The lowest BCUT2D eigenvalue weighted by molar-refractivity contribution is 0.180. The molecule has 102 valence electrons. The zero-order chi connectivity index (χ0) is 13.3. The second kappa shape index (κ2) is 5.36. The van der Waals surface area contributed by atoms with Crippen LogP contribution in [0.1, 0.15) is 23.7 Å². The molecule has 0 radical (unpaired) electrons. The summed E-state index contributed by atoms with van der Waals surface area (Å²) >= 11 is 12.0. The Morgan fingerprint density at radius 1 is 1.56 bits per heavy atom. The summed E-state index contributed by atoms with van der Waals surface area (Å²) in [4.78, 5) is 0. The number of halogens is 2. The summed E-state index contributed by atoms with van der Waals surface area (Å²) in [5, 5.41) is 4.74. The average molecular weight is 313 g/mol. The molecule has 0 amide bonds. The number of sulfone groups is 1. The summed E-state index contributed by atoms with van der Waals surface area (Å²) in [5.41, 5.74) is 1.38. The van der Waals surface area contributed by atoms with E-state index in [-0.39, 0.29) is 23.4 Å². The van der Waals surface area contributed by atoms with Gasteiger partial charge in [0.2, 0.25) is 0 Å². The third kappa shape index (κ3) is 2.66. The topological polar surface area (TPSA) is 61.2 Å². The highest BCUT2D eigenvalue weighted by Gasteiger charge is 2.32. The van der Waals surface area contributed by atoms with Crippen LogP contribution in [0.4, 0.5) is 0 Å². The molecule has 2 heterocycles. The fourth-order valence-electron chi connectivity index (χ4n) is 2.09. The highest BCUT2D eigenvalue weighted by atomic mass is 35.5. The minimum absolute atomic E-state index is 0.0859. The standard InChI is InChI=1S/C10H14Cl2N2O3S/c1-17-5-9-8(4-11)10(12)14(13-9)7-2-3-18(15,16)6-7/h7H,2-6H2,1H3. The number of hydrogen-bond acceptors (Lipinski definition) is 4. The molecule has 2 rings (SSSR count). The first-order chi connectivity index (χ1) is 8.48. The van der Waals surface area contributed by atoms with E-state index < -0.39 is 9.84 Å². The van der Waals surface area contributed by atoms with Crippen molar-refractivity contribution in [2.75, 3.05) is 18.6 Å². The molecule has 1 fully saturated rings. The van der Waals surface area contributed by atoms with Crippen LogP contribution < -0.4 is 0 Å². The van der Waals surface area contributed by atoms with Gasteiger partial charge in [-0.1, -0.05) is 11.6 Å². The van der Waals surface area contributed by atoms with Crippen molar-refractivity contribution in [1.29, 1.82) is 0 Å². The summed E-state index contributed by atoms with van der Waals surface area (Å²) in [7, 11) is -1.41. The Hall–Kier alpha value is -0.300. The molecule has 1 aromatic heterocycles. The van der Waals surface area contributed by atoms with E-state index in [0.29, 0.717) is 29.4 Å². The quantitative estimate of drug-likeness (QED) is 0.795. The van der Waals surface area contributed by atoms with Gasteiger partial charge in [-0.2, -0.15) is 5.10 Å². The molecule has 1 saturated heterocycles. The molecule has 1 unspecified atom stereocenters. The maximum Gasteiger partial charge on any atom is 0.152 e. The monoisotopic (exact) mass is 312 g/mol. The van der Waals surface area contributed by atoms with E-state index in [2.05, 4.69) is 5.10 Å². The lowest BCUT2D eigenvalue weighted by atomic mass is 10.2. The summed E-state index contributed by atoms with van der Waals surface area (Å²) in [6, 6.07) is -0.199. The lowest BCUT2D eigenvalue weighted by Crippen LogP contribution is -2.13. The molecular formula is C10H14Cl2N2O3S. The molecule has 18 heavy (non-hydrogen) atoms. The Balaban J connectivity index is 2.34. The SMILES string of the molecule is COCc1nn(C2CCS(=O)(=O)C2)c(Cl)c1CCl. The number of hydrogen-bond donors (Lipinski definition) is 0. The van der Waals surface area contributed by atoms with Crippen molar-refractivity contribution in [3.8, 4) is 0 Å². The zero-order valence-electron chi connectivity index (χ0n) is 9.90. The van der Waals surface area contributed by atoms with Crippen LogP contribution in [-0.2, 0) is 27.1 Å². The molecule has 0 aromatic carbocycles. The van der Waals surface area contributed by atoms with Gasteiger partial charge >= 0.3 is 0 Å². The van der Waals surface area contributed by atoms with Crippen molar-refractivity contribution in [2.45, 2.75) is 24.9 Å². The van der Waals surface area contributed by atoms with Gasteiger partial charge in [0, 0.05) is 12.7 Å². The Labute approximate surface area is 116 Å². The molecule has 0 spiro atoms. The highest BCUT2D eigenvalue weighted by Crippen LogP contribution is 2.30. The molecule has 1 aromatic rings. The van der Waals surface area contributed by atoms with Gasteiger partial charge in [0.05, 0.1) is 35.7 Å². The molecule has 0 aliphatic carbocycles. The van der Waals surface area contributed by atoms with E-state index in [4.69, 9.17) is 27.9 Å². The fraction of sp³-hybridized carbons (Fsp3) is 0.700. The largest absolute Gasteiger partial charge is 0.378 e. The minimum Gasteiger partial charge on any atom is -0.378 e. The van der Waals surface area contributed by atoms with Crippen LogP contribution in [-0.4, -0.2) is 36.8 Å². The second-order valence-electron chi connectivity index (χ2n) is 4.28. The van der Waals surface area contributed by atoms with Crippen molar-refractivity contribution >= 4 is 33.0 Å². The summed E-state index contributed by atoms with van der Waals surface area (Å²) in [6.07, 6.45) is 0.540. The van der Waals surface area contributed by atoms with Gasteiger partial charge in [0.15, 0.2) is 9.84 Å². The van der Waals surface area contributed by atoms with E-state index in [0.717, 1.165) is 0 Å². The molecule has 8 heteroatoms. The maximum atomic E-state index is 11.5. The molecule has 1 aliphatic rings. The van der Waals surface area contributed by atoms with Crippen LogP contribution in [0, 0.1) is 0 Å². The average Bonchev–Trinajstić information content (AvgIpc) is 2.80. The molecular weight excluding hydrogens is 299 g/mol. The molecule has 1 aliphatic heterocycles. The lowest BCUT2D eigenvalue weighted by Gasteiger charge is -2.09. The summed E-state index contributed by atoms with van der Waals surface area (Å²) in [6.45, 7) is 0.314. The number of rotatable bonds is 4.